The zero-order chi connectivity index (χ0) is 21.3. The van der Waals surface area contributed by atoms with Gasteiger partial charge in [-0.15, -0.1) is 0 Å². The minimum atomic E-state index is -1.02. The molecule has 0 aliphatic rings. The summed E-state index contributed by atoms with van der Waals surface area (Å²) in [7, 11) is 0. The van der Waals surface area contributed by atoms with Crippen molar-refractivity contribution in [3.63, 3.8) is 0 Å². The van der Waals surface area contributed by atoms with Gasteiger partial charge in [0.15, 0.2) is 13.2 Å². The van der Waals surface area contributed by atoms with Gasteiger partial charge >= 0.3 is 5.97 Å². The van der Waals surface area contributed by atoms with E-state index >= 15 is 0 Å². The second-order valence-corrected chi connectivity index (χ2v) is 6.98. The van der Waals surface area contributed by atoms with E-state index in [-0.39, 0.29) is 12.5 Å². The molecule has 1 atom stereocenters. The largest absolute Gasteiger partial charge is 0.482 e. The molecule has 0 unspecified atom stereocenters. The summed E-state index contributed by atoms with van der Waals surface area (Å²) in [6.07, 6.45) is 0. The molecule has 2 aromatic carbocycles. The van der Waals surface area contributed by atoms with Crippen LogP contribution >= 0.6 is 0 Å². The van der Waals surface area contributed by atoms with Gasteiger partial charge in [0.1, 0.15) is 11.3 Å². The van der Waals surface area contributed by atoms with E-state index in [9.17, 15) is 14.9 Å². The number of carbonyl (C=O) groups is 2. The first-order chi connectivity index (χ1) is 13.8. The normalized spacial score (nSPS) is 12.4. The predicted octanol–water partition coefficient (Wildman–Crippen LogP) is 3.41. The van der Waals surface area contributed by atoms with Gasteiger partial charge in [-0.2, -0.15) is 5.26 Å². The summed E-state index contributed by atoms with van der Waals surface area (Å²) in [5.74, 6) is -0.793. The first-order valence-corrected chi connectivity index (χ1v) is 9.25. The van der Waals surface area contributed by atoms with Crippen LogP contribution in [0.4, 0.5) is 11.4 Å². The van der Waals surface area contributed by atoms with E-state index in [2.05, 4.69) is 16.7 Å². The van der Waals surface area contributed by atoms with Gasteiger partial charge in [0.2, 0.25) is 0 Å². The zero-order valence-corrected chi connectivity index (χ0v) is 16.8. The number of hydrogen-bond acceptors (Lipinski definition) is 6. The number of nitrogens with one attached hydrogen (secondary N) is 2. The molecule has 2 rings (SSSR count). The summed E-state index contributed by atoms with van der Waals surface area (Å²) in [5.41, 5.74) is 0.830. The molecular formula is C22H25N3O4. The van der Waals surface area contributed by atoms with Crippen molar-refractivity contribution in [1.29, 1.82) is 5.26 Å². The number of amides is 1. The van der Waals surface area contributed by atoms with Crippen molar-refractivity contribution >= 4 is 23.3 Å². The van der Waals surface area contributed by atoms with Gasteiger partial charge in [0.05, 0.1) is 6.07 Å². The van der Waals surface area contributed by atoms with Crippen molar-refractivity contribution in [1.82, 2.24) is 5.32 Å². The molecule has 29 heavy (non-hydrogen) atoms. The minimum absolute atomic E-state index is 0.0881. The number of nitriles is 1. The molecule has 0 heterocycles. The Kier molecular flexibility index (Phi) is 7.61. The molecule has 0 aliphatic carbocycles. The van der Waals surface area contributed by atoms with Gasteiger partial charge in [-0.05, 0) is 49.2 Å². The number of carbonyl (C=O) groups excluding carboxylic acids is 2. The van der Waals surface area contributed by atoms with E-state index < -0.39 is 24.0 Å². The monoisotopic (exact) mass is 395 g/mol. The van der Waals surface area contributed by atoms with E-state index in [4.69, 9.17) is 9.47 Å². The fraction of sp³-hybridized carbons (Fsp3) is 0.318. The van der Waals surface area contributed by atoms with Crippen LogP contribution in [-0.4, -0.2) is 30.6 Å². The topological polar surface area (TPSA) is 100 Å². The lowest BCUT2D eigenvalue weighted by Gasteiger charge is -2.27. The molecule has 0 radical (unpaired) electrons. The van der Waals surface area contributed by atoms with Crippen LogP contribution in [0.5, 0.6) is 5.75 Å². The van der Waals surface area contributed by atoms with Crippen molar-refractivity contribution in [2.45, 2.75) is 26.3 Å². The molecule has 0 saturated heterocycles. The third-order valence-electron chi connectivity index (χ3n) is 4.42. The SMILES string of the molecule is CC(C)[C@](C)(C#N)NC(=O)COC(=O)COc1ccc(Nc2ccccc2)cc1. The Morgan fingerprint density at radius 3 is 2.24 bits per heavy atom. The standard InChI is InChI=1S/C22H25N3O4/c1-16(2)22(3,15-23)25-20(26)13-29-21(27)14-28-19-11-9-18(10-12-19)24-17-7-5-4-6-8-17/h4-12,16,24H,13-14H2,1-3H3,(H,25,26)/t22-/m0/s1. The Labute approximate surface area is 170 Å². The van der Waals surface area contributed by atoms with E-state index in [0.29, 0.717) is 5.75 Å². The molecule has 0 saturated carbocycles. The molecule has 0 aliphatic heterocycles. The molecule has 0 fully saturated rings. The van der Waals surface area contributed by atoms with E-state index in [1.54, 1.807) is 19.1 Å². The molecule has 0 bridgehead atoms. The highest BCUT2D eigenvalue weighted by molar-refractivity contribution is 5.81. The number of ether oxygens (including phenoxy) is 2. The van der Waals surface area contributed by atoms with Gasteiger partial charge in [0, 0.05) is 11.4 Å². The Morgan fingerprint density at radius 2 is 1.66 bits per heavy atom. The highest BCUT2D eigenvalue weighted by Crippen LogP contribution is 2.20. The second kappa shape index (κ2) is 10.1. The number of benzene rings is 2. The first kappa shape index (κ1) is 21.8. The van der Waals surface area contributed by atoms with Crippen molar-refractivity contribution in [3.05, 3.63) is 54.6 Å². The summed E-state index contributed by atoms with van der Waals surface area (Å²) >= 11 is 0. The molecule has 7 heteroatoms. The van der Waals surface area contributed by atoms with E-state index in [1.165, 1.54) is 0 Å². The Morgan fingerprint density at radius 1 is 1.03 bits per heavy atom. The van der Waals surface area contributed by atoms with Gasteiger partial charge < -0.3 is 20.1 Å². The molecule has 7 nitrogen and oxygen atoms in total. The summed E-state index contributed by atoms with van der Waals surface area (Å²) in [5, 5.41) is 15.0. The van der Waals surface area contributed by atoms with Gasteiger partial charge in [0.25, 0.3) is 5.91 Å². The smallest absolute Gasteiger partial charge is 0.344 e. The number of esters is 1. The summed E-state index contributed by atoms with van der Waals surface area (Å²) in [6, 6.07) is 18.9. The van der Waals surface area contributed by atoms with Crippen molar-refractivity contribution in [2.75, 3.05) is 18.5 Å². The number of rotatable bonds is 9. The Balaban J connectivity index is 1.75. The predicted molar refractivity (Wildman–Crippen MR) is 110 cm³/mol. The van der Waals surface area contributed by atoms with Crippen LogP contribution in [0.15, 0.2) is 54.6 Å². The van der Waals surface area contributed by atoms with Crippen LogP contribution in [0.25, 0.3) is 0 Å². The number of para-hydroxylation sites is 1. The molecule has 2 aromatic rings. The maximum absolute atomic E-state index is 11.9. The van der Waals surface area contributed by atoms with E-state index in [1.807, 2.05) is 56.3 Å². The fourth-order valence-corrected chi connectivity index (χ4v) is 2.28. The highest BCUT2D eigenvalue weighted by Gasteiger charge is 2.30. The zero-order valence-electron chi connectivity index (χ0n) is 16.8. The Bertz CT molecular complexity index is 860. The maximum atomic E-state index is 11.9. The summed E-state index contributed by atoms with van der Waals surface area (Å²) in [4.78, 5) is 23.7. The fourth-order valence-electron chi connectivity index (χ4n) is 2.28. The molecule has 0 aromatic heterocycles. The highest BCUT2D eigenvalue weighted by atomic mass is 16.6. The lowest BCUT2D eigenvalue weighted by molar-refractivity contribution is -0.150. The lowest BCUT2D eigenvalue weighted by atomic mass is 9.90. The molecule has 0 spiro atoms. The minimum Gasteiger partial charge on any atom is -0.482 e. The lowest BCUT2D eigenvalue weighted by Crippen LogP contribution is -2.50. The number of anilines is 2. The van der Waals surface area contributed by atoms with Gasteiger partial charge in [-0.3, -0.25) is 4.79 Å². The van der Waals surface area contributed by atoms with E-state index in [0.717, 1.165) is 11.4 Å². The van der Waals surface area contributed by atoms with Crippen molar-refractivity contribution in [3.8, 4) is 11.8 Å². The summed E-state index contributed by atoms with van der Waals surface area (Å²) < 4.78 is 10.3. The summed E-state index contributed by atoms with van der Waals surface area (Å²) in [6.45, 7) is 4.48. The average molecular weight is 395 g/mol. The quantitative estimate of drug-likeness (QED) is 0.631. The molecule has 152 valence electrons. The number of nitrogens with zero attached hydrogens (tertiary/aromatic N) is 1. The first-order valence-electron chi connectivity index (χ1n) is 9.25. The van der Waals surface area contributed by atoms with Crippen LogP contribution in [-0.2, 0) is 14.3 Å². The van der Waals surface area contributed by atoms with Crippen LogP contribution in [0, 0.1) is 17.2 Å². The van der Waals surface area contributed by atoms with Crippen molar-refractivity contribution < 1.29 is 19.1 Å². The van der Waals surface area contributed by atoms with Crippen molar-refractivity contribution in [2.24, 2.45) is 5.92 Å². The van der Waals surface area contributed by atoms with Crippen LogP contribution in [0.2, 0.25) is 0 Å². The molecular weight excluding hydrogens is 370 g/mol. The number of hydrogen-bond donors (Lipinski definition) is 2. The Hall–Kier alpha value is -3.53. The van der Waals surface area contributed by atoms with Gasteiger partial charge in [-0.25, -0.2) is 4.79 Å². The van der Waals surface area contributed by atoms with Gasteiger partial charge in [-0.1, -0.05) is 32.0 Å². The van der Waals surface area contributed by atoms with Crippen LogP contribution in [0.1, 0.15) is 20.8 Å². The third kappa shape index (κ3) is 6.85. The average Bonchev–Trinajstić information content (AvgIpc) is 2.72. The molecule has 1 amide bonds. The maximum Gasteiger partial charge on any atom is 0.344 e. The molecule has 2 N–H and O–H groups in total. The third-order valence-corrected chi connectivity index (χ3v) is 4.42. The van der Waals surface area contributed by atoms with Crippen LogP contribution < -0.4 is 15.4 Å². The second-order valence-electron chi connectivity index (χ2n) is 6.98. The van der Waals surface area contributed by atoms with Crippen LogP contribution in [0.3, 0.4) is 0 Å².